The molecule has 32 heavy (non-hydrogen) atoms. The number of amides is 2. The topological polar surface area (TPSA) is 107 Å². The molecule has 2 N–H and O–H groups in total. The van der Waals surface area contributed by atoms with Crippen LogP contribution in [0.1, 0.15) is 74.6 Å². The average Bonchev–Trinajstić information content (AvgIpc) is 3.35. The van der Waals surface area contributed by atoms with Crippen molar-refractivity contribution in [1.29, 1.82) is 0 Å². The molecule has 7 heteroatoms. The van der Waals surface area contributed by atoms with E-state index >= 15 is 0 Å². The van der Waals surface area contributed by atoms with Crippen LogP contribution in [0.25, 0.3) is 10.4 Å². The van der Waals surface area contributed by atoms with Crippen molar-refractivity contribution in [3.63, 3.8) is 0 Å². The van der Waals surface area contributed by atoms with Gasteiger partial charge in [0, 0.05) is 29.3 Å². The monoisotopic (exact) mass is 437 g/mol. The van der Waals surface area contributed by atoms with Gasteiger partial charge in [0.15, 0.2) is 0 Å². The fraction of sp³-hybridized carbons (Fsp3) is 0.520. The van der Waals surface area contributed by atoms with E-state index < -0.39 is 0 Å². The van der Waals surface area contributed by atoms with E-state index in [1.807, 2.05) is 24.3 Å². The predicted molar refractivity (Wildman–Crippen MR) is 129 cm³/mol. The molecule has 0 unspecified atom stereocenters. The van der Waals surface area contributed by atoms with Crippen molar-refractivity contribution in [2.45, 2.75) is 64.2 Å². The zero-order chi connectivity index (χ0) is 22.9. The van der Waals surface area contributed by atoms with Crippen molar-refractivity contribution in [1.82, 2.24) is 10.6 Å². The molecule has 0 spiro atoms. The quantitative estimate of drug-likeness (QED) is 0.141. The molecule has 0 saturated carbocycles. The van der Waals surface area contributed by atoms with E-state index in [4.69, 9.17) is 5.53 Å². The Morgan fingerprint density at radius 1 is 0.781 bits per heavy atom. The predicted octanol–water partition coefficient (Wildman–Crippen LogP) is 6.12. The summed E-state index contributed by atoms with van der Waals surface area (Å²) in [6.07, 6.45) is 19.5. The van der Waals surface area contributed by atoms with Crippen LogP contribution >= 0.6 is 0 Å². The van der Waals surface area contributed by atoms with E-state index in [1.54, 1.807) is 24.3 Å². The van der Waals surface area contributed by atoms with Crippen LogP contribution < -0.4 is 10.6 Å². The van der Waals surface area contributed by atoms with Crippen LogP contribution in [-0.2, 0) is 4.79 Å². The first-order valence-corrected chi connectivity index (χ1v) is 11.8. The Bertz CT molecular complexity index is 798. The van der Waals surface area contributed by atoms with Gasteiger partial charge >= 0.3 is 0 Å². The summed E-state index contributed by atoms with van der Waals surface area (Å²) in [6.45, 7) is 1.45. The van der Waals surface area contributed by atoms with Crippen molar-refractivity contribution in [2.24, 2.45) is 11.0 Å². The third kappa shape index (κ3) is 10.3. The van der Waals surface area contributed by atoms with Gasteiger partial charge in [0.25, 0.3) is 5.91 Å². The number of nitrogens with zero attached hydrogens (tertiary/aromatic N) is 3. The summed E-state index contributed by atoms with van der Waals surface area (Å²) in [5.41, 5.74) is 9.47. The minimum absolute atomic E-state index is 0.0740. The van der Waals surface area contributed by atoms with E-state index in [-0.39, 0.29) is 17.7 Å². The Morgan fingerprint density at radius 2 is 1.28 bits per heavy atom. The first-order chi connectivity index (χ1) is 15.7. The molecule has 0 saturated heterocycles. The zero-order valence-corrected chi connectivity index (χ0v) is 18.8. The standard InChI is InChI=1S/C25H35N5O2/c26-30-29-23-17-15-22(16-18-23)25(32)28-20-12-8-6-4-2-1-3-5-7-11-19-27-24(31)21-13-9-10-14-21/h9-10,13-18,21H,1-8,11-12,19-20H2,(H,27,31)(H,28,32). The summed E-state index contributed by atoms with van der Waals surface area (Å²) in [6, 6.07) is 6.61. The van der Waals surface area contributed by atoms with Gasteiger partial charge in [0.2, 0.25) is 5.91 Å². The molecule has 1 aromatic carbocycles. The molecule has 0 fully saturated rings. The second-order valence-electron chi connectivity index (χ2n) is 8.11. The Morgan fingerprint density at radius 3 is 1.81 bits per heavy atom. The maximum absolute atomic E-state index is 12.1. The van der Waals surface area contributed by atoms with Crippen LogP contribution in [0.3, 0.4) is 0 Å². The molecule has 0 heterocycles. The van der Waals surface area contributed by atoms with Gasteiger partial charge in [-0.2, -0.15) is 0 Å². The highest BCUT2D eigenvalue weighted by Crippen LogP contribution is 2.13. The van der Waals surface area contributed by atoms with E-state index in [2.05, 4.69) is 20.7 Å². The summed E-state index contributed by atoms with van der Waals surface area (Å²) in [4.78, 5) is 26.6. The molecule has 1 aliphatic carbocycles. The highest BCUT2D eigenvalue weighted by Gasteiger charge is 2.12. The van der Waals surface area contributed by atoms with Gasteiger partial charge in [-0.1, -0.05) is 92.9 Å². The second kappa shape index (κ2) is 15.7. The molecule has 0 aromatic heterocycles. The van der Waals surface area contributed by atoms with Gasteiger partial charge in [-0.3, -0.25) is 9.59 Å². The maximum atomic E-state index is 12.1. The first-order valence-electron chi connectivity index (χ1n) is 11.8. The number of benzene rings is 1. The van der Waals surface area contributed by atoms with Crippen LogP contribution in [0.4, 0.5) is 5.69 Å². The lowest BCUT2D eigenvalue weighted by molar-refractivity contribution is -0.122. The molecule has 0 radical (unpaired) electrons. The summed E-state index contributed by atoms with van der Waals surface area (Å²) in [5, 5.41) is 9.43. The lowest BCUT2D eigenvalue weighted by Crippen LogP contribution is -2.29. The fourth-order valence-corrected chi connectivity index (χ4v) is 3.64. The minimum atomic E-state index is -0.0933. The number of unbranched alkanes of at least 4 members (excludes halogenated alkanes) is 9. The Kier molecular flexibility index (Phi) is 12.4. The third-order valence-corrected chi connectivity index (χ3v) is 5.53. The van der Waals surface area contributed by atoms with Gasteiger partial charge in [0.1, 0.15) is 0 Å². The molecule has 1 aromatic rings. The summed E-state index contributed by atoms with van der Waals surface area (Å²) < 4.78 is 0. The molecule has 2 amide bonds. The molecular formula is C25H35N5O2. The minimum Gasteiger partial charge on any atom is -0.355 e. The summed E-state index contributed by atoms with van der Waals surface area (Å²) in [7, 11) is 0. The molecule has 172 valence electrons. The molecular weight excluding hydrogens is 402 g/mol. The van der Waals surface area contributed by atoms with E-state index in [1.165, 1.54) is 44.9 Å². The lowest BCUT2D eigenvalue weighted by Gasteiger charge is -2.08. The second-order valence-corrected chi connectivity index (χ2v) is 8.11. The van der Waals surface area contributed by atoms with E-state index in [0.717, 1.165) is 25.8 Å². The van der Waals surface area contributed by atoms with Gasteiger partial charge in [0.05, 0.1) is 5.92 Å². The lowest BCUT2D eigenvalue weighted by atomic mass is 10.1. The Labute approximate surface area is 191 Å². The average molecular weight is 438 g/mol. The third-order valence-electron chi connectivity index (χ3n) is 5.53. The molecule has 0 bridgehead atoms. The highest BCUT2D eigenvalue weighted by molar-refractivity contribution is 5.94. The van der Waals surface area contributed by atoms with Gasteiger partial charge in [-0.05, 0) is 30.5 Å². The zero-order valence-electron chi connectivity index (χ0n) is 18.8. The largest absolute Gasteiger partial charge is 0.355 e. The van der Waals surface area contributed by atoms with E-state index in [0.29, 0.717) is 17.8 Å². The number of hydrogen-bond acceptors (Lipinski definition) is 3. The number of rotatable bonds is 16. The van der Waals surface area contributed by atoms with Crippen molar-refractivity contribution < 1.29 is 9.59 Å². The fourth-order valence-electron chi connectivity index (χ4n) is 3.64. The molecule has 0 aliphatic heterocycles. The van der Waals surface area contributed by atoms with Crippen LogP contribution in [0.2, 0.25) is 0 Å². The summed E-state index contributed by atoms with van der Waals surface area (Å²) >= 11 is 0. The maximum Gasteiger partial charge on any atom is 0.251 e. The van der Waals surface area contributed by atoms with Crippen molar-refractivity contribution in [3.8, 4) is 0 Å². The highest BCUT2D eigenvalue weighted by atomic mass is 16.2. The normalized spacial score (nSPS) is 12.5. The smallest absolute Gasteiger partial charge is 0.251 e. The number of nitrogens with one attached hydrogen (secondary N) is 2. The van der Waals surface area contributed by atoms with Gasteiger partial charge in [-0.15, -0.1) is 0 Å². The van der Waals surface area contributed by atoms with Crippen molar-refractivity contribution >= 4 is 17.5 Å². The first kappa shape index (κ1) is 25.2. The number of carbonyl (C=O) groups is 2. The van der Waals surface area contributed by atoms with Gasteiger partial charge < -0.3 is 10.6 Å². The molecule has 1 aliphatic rings. The molecule has 0 atom stereocenters. The number of allylic oxidation sites excluding steroid dienone is 2. The Hall–Kier alpha value is -3.05. The van der Waals surface area contributed by atoms with Crippen LogP contribution in [0.15, 0.2) is 53.7 Å². The number of hydrogen-bond donors (Lipinski definition) is 2. The molecule has 2 rings (SSSR count). The van der Waals surface area contributed by atoms with Crippen LogP contribution in [-0.4, -0.2) is 24.9 Å². The van der Waals surface area contributed by atoms with Crippen LogP contribution in [0.5, 0.6) is 0 Å². The van der Waals surface area contributed by atoms with Crippen molar-refractivity contribution in [3.05, 3.63) is 64.6 Å². The summed E-state index contributed by atoms with van der Waals surface area (Å²) in [5.74, 6) is -0.0604. The van der Waals surface area contributed by atoms with Crippen molar-refractivity contribution in [2.75, 3.05) is 13.1 Å². The number of azide groups is 1. The SMILES string of the molecule is [N-]=[N+]=Nc1ccc(C(=O)NCCCCCCCCCCCCNC(=O)C2C=CC=C2)cc1. The Balaban J connectivity index is 1.34. The van der Waals surface area contributed by atoms with Gasteiger partial charge in [-0.25, -0.2) is 0 Å². The number of carbonyl (C=O) groups excluding carboxylic acids is 2. The van der Waals surface area contributed by atoms with Crippen LogP contribution in [0, 0.1) is 5.92 Å². The molecule has 7 nitrogen and oxygen atoms in total. The van der Waals surface area contributed by atoms with E-state index in [9.17, 15) is 9.59 Å².